The molecule has 0 saturated carbocycles. The summed E-state index contributed by atoms with van der Waals surface area (Å²) in [5.74, 6) is -0.107. The van der Waals surface area contributed by atoms with Crippen molar-refractivity contribution >= 4 is 11.6 Å². The molecule has 2 N–H and O–H groups in total. The van der Waals surface area contributed by atoms with Crippen molar-refractivity contribution in [3.05, 3.63) is 24.0 Å². The maximum atomic E-state index is 11.8. The van der Waals surface area contributed by atoms with Gasteiger partial charge in [-0.3, -0.25) is 9.78 Å². The van der Waals surface area contributed by atoms with Gasteiger partial charge in [0, 0.05) is 31.5 Å². The van der Waals surface area contributed by atoms with E-state index in [1.54, 1.807) is 12.3 Å². The van der Waals surface area contributed by atoms with Gasteiger partial charge in [-0.15, -0.1) is 0 Å². The van der Waals surface area contributed by atoms with E-state index in [0.717, 1.165) is 31.6 Å². The van der Waals surface area contributed by atoms with Crippen LogP contribution in [0, 0.1) is 0 Å². The number of amides is 1. The lowest BCUT2D eigenvalue weighted by molar-refractivity contribution is 0.0948. The van der Waals surface area contributed by atoms with Gasteiger partial charge < -0.3 is 15.5 Å². The summed E-state index contributed by atoms with van der Waals surface area (Å²) in [6, 6.07) is 3.66. The van der Waals surface area contributed by atoms with Gasteiger partial charge >= 0.3 is 0 Å². The Bertz CT molecular complexity index is 393. The number of pyridine rings is 1. The number of likely N-dealkylation sites (N-methyl/N-ethyl adjacent to an activating group) is 1. The average molecular weight is 264 g/mol. The van der Waals surface area contributed by atoms with E-state index >= 15 is 0 Å². The van der Waals surface area contributed by atoms with Crippen LogP contribution < -0.4 is 10.6 Å². The summed E-state index contributed by atoms with van der Waals surface area (Å²) in [6.07, 6.45) is 3.72. The molecule has 0 aliphatic rings. The van der Waals surface area contributed by atoms with Crippen LogP contribution in [0.15, 0.2) is 18.3 Å². The minimum absolute atomic E-state index is 0.107. The maximum absolute atomic E-state index is 11.8. The van der Waals surface area contributed by atoms with E-state index in [1.165, 1.54) is 0 Å². The Labute approximate surface area is 115 Å². The van der Waals surface area contributed by atoms with Gasteiger partial charge in [0.05, 0.1) is 0 Å². The molecular weight excluding hydrogens is 240 g/mol. The summed E-state index contributed by atoms with van der Waals surface area (Å²) < 4.78 is 0. The number of hydrogen-bond donors (Lipinski definition) is 2. The molecule has 1 aromatic rings. The largest absolute Gasteiger partial charge is 0.384 e. The first kappa shape index (κ1) is 15.4. The Morgan fingerprint density at radius 2 is 2.16 bits per heavy atom. The van der Waals surface area contributed by atoms with Crippen LogP contribution in [0.4, 0.5) is 5.69 Å². The molecule has 0 radical (unpaired) electrons. The van der Waals surface area contributed by atoms with Crippen molar-refractivity contribution in [2.45, 2.75) is 19.8 Å². The van der Waals surface area contributed by atoms with Crippen LogP contribution in [0.5, 0.6) is 0 Å². The highest BCUT2D eigenvalue weighted by Gasteiger charge is 2.06. The molecule has 1 amide bonds. The highest BCUT2D eigenvalue weighted by Crippen LogP contribution is 2.07. The quantitative estimate of drug-likeness (QED) is 0.700. The molecule has 0 aliphatic heterocycles. The Balaban J connectivity index is 2.48. The highest BCUT2D eigenvalue weighted by molar-refractivity contribution is 5.93. The number of nitrogens with one attached hydrogen (secondary N) is 2. The lowest BCUT2D eigenvalue weighted by Gasteiger charge is -2.11. The fourth-order valence-corrected chi connectivity index (χ4v) is 1.56. The van der Waals surface area contributed by atoms with Crippen molar-refractivity contribution < 1.29 is 4.79 Å². The number of anilines is 1. The zero-order valence-corrected chi connectivity index (χ0v) is 12.1. The molecule has 0 aliphatic carbocycles. The van der Waals surface area contributed by atoms with Gasteiger partial charge in [-0.05, 0) is 32.6 Å². The minimum Gasteiger partial charge on any atom is -0.384 e. The molecule has 0 bridgehead atoms. The number of unbranched alkanes of at least 4 members (excludes halogenated alkanes) is 1. The minimum atomic E-state index is -0.107. The van der Waals surface area contributed by atoms with E-state index in [0.29, 0.717) is 12.2 Å². The van der Waals surface area contributed by atoms with E-state index in [1.807, 2.05) is 20.2 Å². The molecule has 0 spiro atoms. The van der Waals surface area contributed by atoms with Gasteiger partial charge in [-0.1, -0.05) is 13.3 Å². The molecule has 0 aromatic carbocycles. The Hall–Kier alpha value is -1.62. The summed E-state index contributed by atoms with van der Waals surface area (Å²) in [7, 11) is 4.06. The molecule has 1 heterocycles. The fraction of sp³-hybridized carbons (Fsp3) is 0.571. The first-order valence-electron chi connectivity index (χ1n) is 6.76. The molecule has 0 atom stereocenters. The number of rotatable bonds is 8. The van der Waals surface area contributed by atoms with Crippen LogP contribution in [0.3, 0.4) is 0 Å². The molecule has 1 aromatic heterocycles. The fourth-order valence-electron chi connectivity index (χ4n) is 1.56. The van der Waals surface area contributed by atoms with Gasteiger partial charge in [0.15, 0.2) is 0 Å². The van der Waals surface area contributed by atoms with Crippen molar-refractivity contribution in [2.75, 3.05) is 39.0 Å². The van der Waals surface area contributed by atoms with Crippen LogP contribution in [-0.2, 0) is 0 Å². The molecule has 0 unspecified atom stereocenters. The van der Waals surface area contributed by atoms with E-state index in [2.05, 4.69) is 27.4 Å². The average Bonchev–Trinajstić information content (AvgIpc) is 2.39. The van der Waals surface area contributed by atoms with E-state index in [-0.39, 0.29) is 5.91 Å². The second kappa shape index (κ2) is 8.48. The predicted molar refractivity (Wildman–Crippen MR) is 78.5 cm³/mol. The molecule has 5 heteroatoms. The molecule has 106 valence electrons. The zero-order valence-electron chi connectivity index (χ0n) is 12.1. The topological polar surface area (TPSA) is 57.3 Å². The third kappa shape index (κ3) is 6.20. The first-order valence-corrected chi connectivity index (χ1v) is 6.76. The number of nitrogens with zero attached hydrogens (tertiary/aromatic N) is 2. The lowest BCUT2D eigenvalue weighted by atomic mass is 10.3. The van der Waals surface area contributed by atoms with Gasteiger partial charge in [0.2, 0.25) is 0 Å². The summed E-state index contributed by atoms with van der Waals surface area (Å²) in [5, 5.41) is 6.14. The van der Waals surface area contributed by atoms with Crippen LogP contribution in [0.1, 0.15) is 30.3 Å². The van der Waals surface area contributed by atoms with Crippen molar-refractivity contribution in [1.29, 1.82) is 0 Å². The summed E-state index contributed by atoms with van der Waals surface area (Å²) >= 11 is 0. The molecular formula is C14H24N4O. The van der Waals surface area contributed by atoms with E-state index < -0.39 is 0 Å². The maximum Gasteiger partial charge on any atom is 0.269 e. The van der Waals surface area contributed by atoms with Gasteiger partial charge in [-0.25, -0.2) is 0 Å². The summed E-state index contributed by atoms with van der Waals surface area (Å²) in [5.41, 5.74) is 1.39. The van der Waals surface area contributed by atoms with Crippen LogP contribution in [0.25, 0.3) is 0 Å². The Morgan fingerprint density at radius 3 is 2.84 bits per heavy atom. The molecule has 0 saturated heterocycles. The van der Waals surface area contributed by atoms with Gasteiger partial charge in [0.25, 0.3) is 5.91 Å². The number of aromatic nitrogens is 1. The number of hydrogen-bond acceptors (Lipinski definition) is 4. The molecule has 19 heavy (non-hydrogen) atoms. The van der Waals surface area contributed by atoms with Crippen LogP contribution in [0.2, 0.25) is 0 Å². The number of carbonyl (C=O) groups excluding carboxylic acids is 1. The summed E-state index contributed by atoms with van der Waals surface area (Å²) in [6.45, 7) is 4.59. The molecule has 0 fully saturated rings. The van der Waals surface area contributed by atoms with Gasteiger partial charge in [0.1, 0.15) is 5.69 Å². The Morgan fingerprint density at radius 1 is 1.37 bits per heavy atom. The van der Waals surface area contributed by atoms with E-state index in [9.17, 15) is 4.79 Å². The monoisotopic (exact) mass is 264 g/mol. The highest BCUT2D eigenvalue weighted by atomic mass is 16.1. The normalized spacial score (nSPS) is 10.5. The lowest BCUT2D eigenvalue weighted by Crippen LogP contribution is -2.25. The third-order valence-electron chi connectivity index (χ3n) is 2.70. The summed E-state index contributed by atoms with van der Waals surface area (Å²) in [4.78, 5) is 18.0. The number of carbonyl (C=O) groups is 1. The molecule has 5 nitrogen and oxygen atoms in total. The SMILES string of the molecule is CCCCNC(=O)c1cc(NCCN(C)C)ccn1. The van der Waals surface area contributed by atoms with E-state index in [4.69, 9.17) is 0 Å². The van der Waals surface area contributed by atoms with Crippen molar-refractivity contribution in [1.82, 2.24) is 15.2 Å². The van der Waals surface area contributed by atoms with Crippen molar-refractivity contribution in [2.24, 2.45) is 0 Å². The molecule has 1 rings (SSSR count). The smallest absolute Gasteiger partial charge is 0.269 e. The second-order valence-electron chi connectivity index (χ2n) is 4.77. The van der Waals surface area contributed by atoms with Crippen molar-refractivity contribution in [3.63, 3.8) is 0 Å². The van der Waals surface area contributed by atoms with Crippen molar-refractivity contribution in [3.8, 4) is 0 Å². The van der Waals surface area contributed by atoms with Crippen LogP contribution >= 0.6 is 0 Å². The third-order valence-corrected chi connectivity index (χ3v) is 2.70. The standard InChI is InChI=1S/C14H24N4O/c1-4-5-7-17-14(19)13-11-12(6-8-16-13)15-9-10-18(2)3/h6,8,11H,4-5,7,9-10H2,1-3H3,(H,15,16)(H,17,19). The van der Waals surface area contributed by atoms with Crippen LogP contribution in [-0.4, -0.2) is 49.5 Å². The van der Waals surface area contributed by atoms with Gasteiger partial charge in [-0.2, -0.15) is 0 Å². The Kier molecular flexibility index (Phi) is 6.89. The second-order valence-corrected chi connectivity index (χ2v) is 4.77. The first-order chi connectivity index (χ1) is 9.13. The predicted octanol–water partition coefficient (Wildman–Crippen LogP) is 1.58. The zero-order chi connectivity index (χ0) is 14.1.